The van der Waals surface area contributed by atoms with Gasteiger partial charge in [-0.3, -0.25) is 13.9 Å². The number of nitrogens with zero attached hydrogens (tertiary/aromatic N) is 2. The van der Waals surface area contributed by atoms with Crippen molar-refractivity contribution in [2.24, 2.45) is 13.0 Å². The summed E-state index contributed by atoms with van der Waals surface area (Å²) in [5, 5.41) is 3.13. The highest BCUT2D eigenvalue weighted by atomic mass is 16.2. The molecule has 1 heterocycles. The van der Waals surface area contributed by atoms with E-state index in [0.717, 1.165) is 11.0 Å². The van der Waals surface area contributed by atoms with Gasteiger partial charge >= 0.3 is 5.69 Å². The van der Waals surface area contributed by atoms with Crippen LogP contribution in [0.1, 0.15) is 34.1 Å². The van der Waals surface area contributed by atoms with Crippen LogP contribution in [0.5, 0.6) is 0 Å². The van der Waals surface area contributed by atoms with Crippen LogP contribution >= 0.6 is 0 Å². The van der Waals surface area contributed by atoms with E-state index < -0.39 is 0 Å². The van der Waals surface area contributed by atoms with Crippen LogP contribution in [0.4, 0.5) is 11.5 Å². The van der Waals surface area contributed by atoms with Crippen molar-refractivity contribution in [3.8, 4) is 0 Å². The molecule has 3 N–H and O–H groups in total. The summed E-state index contributed by atoms with van der Waals surface area (Å²) in [7, 11) is 1.47. The Morgan fingerprint density at radius 3 is 2.32 bits per heavy atom. The quantitative estimate of drug-likeness (QED) is 0.834. The van der Waals surface area contributed by atoms with E-state index in [1.54, 1.807) is 0 Å². The first-order valence-corrected chi connectivity index (χ1v) is 6.67. The van der Waals surface area contributed by atoms with Crippen LogP contribution in [-0.4, -0.2) is 15.2 Å². The molecular weight excluding hydrogens is 244 g/mol. The summed E-state index contributed by atoms with van der Waals surface area (Å²) in [5.41, 5.74) is 5.55. The predicted molar refractivity (Wildman–Crippen MR) is 78.6 cm³/mol. The van der Waals surface area contributed by atoms with E-state index in [-0.39, 0.29) is 23.1 Å². The molecule has 1 aromatic heterocycles. The standard InChI is InChI=1S/C13H24N4O2/c1-6-7-17-11(14)10(15-9(4)8(2)3)12(18)16(5)13(17)19/h8-9,15H,6-7,14H2,1-5H3. The number of hydrogen-bond donors (Lipinski definition) is 2. The molecule has 0 fully saturated rings. The summed E-state index contributed by atoms with van der Waals surface area (Å²) in [6, 6.07) is 0.0996. The van der Waals surface area contributed by atoms with E-state index in [9.17, 15) is 9.59 Å². The second kappa shape index (κ2) is 5.95. The molecule has 1 aromatic rings. The van der Waals surface area contributed by atoms with Gasteiger partial charge in [-0.2, -0.15) is 0 Å². The lowest BCUT2D eigenvalue weighted by atomic mass is 10.1. The third-order valence-corrected chi connectivity index (χ3v) is 3.40. The molecule has 0 amide bonds. The van der Waals surface area contributed by atoms with Gasteiger partial charge in [0.15, 0.2) is 0 Å². The van der Waals surface area contributed by atoms with Gasteiger partial charge in [-0.25, -0.2) is 4.79 Å². The van der Waals surface area contributed by atoms with Crippen LogP contribution < -0.4 is 22.3 Å². The lowest BCUT2D eigenvalue weighted by molar-refractivity contribution is 0.553. The molecule has 1 unspecified atom stereocenters. The Bertz CT molecular complexity index is 557. The number of aromatic nitrogens is 2. The largest absolute Gasteiger partial charge is 0.383 e. The molecule has 0 aromatic carbocycles. The van der Waals surface area contributed by atoms with E-state index in [4.69, 9.17) is 5.73 Å². The summed E-state index contributed by atoms with van der Waals surface area (Å²) >= 11 is 0. The lowest BCUT2D eigenvalue weighted by Gasteiger charge is -2.21. The molecular formula is C13H24N4O2. The Kier molecular flexibility index (Phi) is 4.80. The van der Waals surface area contributed by atoms with Crippen LogP contribution in [0.15, 0.2) is 9.59 Å². The van der Waals surface area contributed by atoms with E-state index >= 15 is 0 Å². The maximum Gasteiger partial charge on any atom is 0.332 e. The average Bonchev–Trinajstić information content (AvgIpc) is 2.37. The van der Waals surface area contributed by atoms with Crippen LogP contribution in [0, 0.1) is 5.92 Å². The van der Waals surface area contributed by atoms with Gasteiger partial charge in [0.05, 0.1) is 0 Å². The van der Waals surface area contributed by atoms with Gasteiger partial charge < -0.3 is 11.1 Å². The molecule has 0 aliphatic carbocycles. The molecule has 1 rings (SSSR count). The van der Waals surface area contributed by atoms with Crippen LogP contribution in [0.3, 0.4) is 0 Å². The molecule has 19 heavy (non-hydrogen) atoms. The monoisotopic (exact) mass is 268 g/mol. The average molecular weight is 268 g/mol. The minimum absolute atomic E-state index is 0.0996. The van der Waals surface area contributed by atoms with Gasteiger partial charge in [-0.05, 0) is 19.3 Å². The lowest BCUT2D eigenvalue weighted by Crippen LogP contribution is -2.42. The van der Waals surface area contributed by atoms with E-state index in [0.29, 0.717) is 18.2 Å². The topological polar surface area (TPSA) is 82.0 Å². The Morgan fingerprint density at radius 1 is 1.26 bits per heavy atom. The predicted octanol–water partition coefficient (Wildman–Crippen LogP) is 0.996. The molecule has 108 valence electrons. The van der Waals surface area contributed by atoms with E-state index in [2.05, 4.69) is 19.2 Å². The van der Waals surface area contributed by atoms with Crippen molar-refractivity contribution >= 4 is 11.5 Å². The minimum Gasteiger partial charge on any atom is -0.383 e. The normalized spacial score (nSPS) is 12.7. The van der Waals surface area contributed by atoms with Crippen molar-refractivity contribution in [2.75, 3.05) is 11.1 Å². The number of anilines is 2. The van der Waals surface area contributed by atoms with Crippen molar-refractivity contribution in [3.63, 3.8) is 0 Å². The third-order valence-electron chi connectivity index (χ3n) is 3.40. The second-order valence-corrected chi connectivity index (χ2v) is 5.24. The highest BCUT2D eigenvalue weighted by Gasteiger charge is 2.17. The number of nitrogen functional groups attached to an aromatic ring is 1. The molecule has 1 atom stereocenters. The fourth-order valence-electron chi connectivity index (χ4n) is 1.75. The van der Waals surface area contributed by atoms with Gasteiger partial charge in [0.25, 0.3) is 5.56 Å². The molecule has 0 saturated heterocycles. The third kappa shape index (κ3) is 3.00. The fraction of sp³-hybridized carbons (Fsp3) is 0.692. The zero-order chi connectivity index (χ0) is 14.7. The highest BCUT2D eigenvalue weighted by molar-refractivity contribution is 5.61. The summed E-state index contributed by atoms with van der Waals surface area (Å²) < 4.78 is 2.54. The summed E-state index contributed by atoms with van der Waals surface area (Å²) in [6.07, 6.45) is 0.779. The van der Waals surface area contributed by atoms with Gasteiger partial charge in [-0.15, -0.1) is 0 Å². The molecule has 0 aliphatic rings. The molecule has 6 nitrogen and oxygen atoms in total. The second-order valence-electron chi connectivity index (χ2n) is 5.24. The maximum absolute atomic E-state index is 12.1. The summed E-state index contributed by atoms with van der Waals surface area (Å²) in [4.78, 5) is 24.1. The number of rotatable bonds is 5. The maximum atomic E-state index is 12.1. The zero-order valence-electron chi connectivity index (χ0n) is 12.4. The highest BCUT2D eigenvalue weighted by Crippen LogP contribution is 2.15. The molecule has 0 radical (unpaired) electrons. The molecule has 6 heteroatoms. The van der Waals surface area contributed by atoms with Gasteiger partial charge in [-0.1, -0.05) is 20.8 Å². The minimum atomic E-state index is -0.373. The van der Waals surface area contributed by atoms with Crippen LogP contribution in [0.2, 0.25) is 0 Å². The molecule has 0 aliphatic heterocycles. The SMILES string of the molecule is CCCn1c(N)c(NC(C)C(C)C)c(=O)n(C)c1=O. The van der Waals surface area contributed by atoms with Gasteiger partial charge in [0, 0.05) is 19.6 Å². The Morgan fingerprint density at radius 2 is 1.84 bits per heavy atom. The number of nitrogens with two attached hydrogens (primary N) is 1. The van der Waals surface area contributed by atoms with Gasteiger partial charge in [0.2, 0.25) is 0 Å². The molecule has 0 saturated carbocycles. The van der Waals surface area contributed by atoms with Crippen LogP contribution in [-0.2, 0) is 13.6 Å². The smallest absolute Gasteiger partial charge is 0.332 e. The Balaban J connectivity index is 3.39. The zero-order valence-corrected chi connectivity index (χ0v) is 12.4. The van der Waals surface area contributed by atoms with Crippen molar-refractivity contribution in [3.05, 3.63) is 20.8 Å². The molecule has 0 bridgehead atoms. The first kappa shape index (κ1) is 15.3. The van der Waals surface area contributed by atoms with Crippen molar-refractivity contribution < 1.29 is 0 Å². The van der Waals surface area contributed by atoms with E-state index in [1.165, 1.54) is 11.6 Å². The van der Waals surface area contributed by atoms with E-state index in [1.807, 2.05) is 13.8 Å². The Labute approximate surface area is 113 Å². The molecule has 0 spiro atoms. The van der Waals surface area contributed by atoms with Crippen molar-refractivity contribution in [1.29, 1.82) is 0 Å². The summed E-state index contributed by atoms with van der Waals surface area (Å²) in [6.45, 7) is 8.56. The van der Waals surface area contributed by atoms with Crippen molar-refractivity contribution in [2.45, 2.75) is 46.7 Å². The first-order chi connectivity index (χ1) is 8.81. The Hall–Kier alpha value is -1.72. The first-order valence-electron chi connectivity index (χ1n) is 6.67. The van der Waals surface area contributed by atoms with Crippen LogP contribution in [0.25, 0.3) is 0 Å². The number of nitrogens with one attached hydrogen (secondary N) is 1. The van der Waals surface area contributed by atoms with Crippen molar-refractivity contribution in [1.82, 2.24) is 9.13 Å². The summed E-state index contributed by atoms with van der Waals surface area (Å²) in [5.74, 6) is 0.582. The number of hydrogen-bond acceptors (Lipinski definition) is 4. The van der Waals surface area contributed by atoms with Gasteiger partial charge in [0.1, 0.15) is 11.5 Å². The fourth-order valence-corrected chi connectivity index (χ4v) is 1.75.